The van der Waals surface area contributed by atoms with Crippen molar-refractivity contribution in [3.63, 3.8) is 0 Å². The molecule has 2 aliphatic heterocycles. The SMILES string of the molecule is N#Cc1ccc(C2(O)CC3CCC(C2)N3)nc1. The Kier molecular flexibility index (Phi) is 2.39. The van der Waals surface area contributed by atoms with Gasteiger partial charge < -0.3 is 10.4 Å². The standard InChI is InChI=1S/C13H15N3O/c14-7-9-1-4-12(15-8-9)13(17)5-10-2-3-11(6-13)16-10/h1,4,8,10-11,16-17H,2-3,5-6H2. The van der Waals surface area contributed by atoms with Crippen molar-refractivity contribution in [3.05, 3.63) is 29.6 Å². The summed E-state index contributed by atoms with van der Waals surface area (Å²) in [6.45, 7) is 0. The van der Waals surface area contributed by atoms with Gasteiger partial charge in [-0.15, -0.1) is 0 Å². The highest BCUT2D eigenvalue weighted by Gasteiger charge is 2.44. The lowest BCUT2D eigenvalue weighted by atomic mass is 9.84. The molecule has 0 saturated carbocycles. The maximum Gasteiger partial charge on any atom is 0.109 e. The van der Waals surface area contributed by atoms with Crippen LogP contribution in [0.1, 0.15) is 36.9 Å². The number of nitrogens with one attached hydrogen (secondary N) is 1. The van der Waals surface area contributed by atoms with Gasteiger partial charge in [0.1, 0.15) is 11.7 Å². The first-order valence-electron chi connectivity index (χ1n) is 6.05. The zero-order valence-corrected chi connectivity index (χ0v) is 9.56. The van der Waals surface area contributed by atoms with Gasteiger partial charge in [-0.25, -0.2) is 0 Å². The Labute approximate surface area is 100 Å². The molecule has 0 aromatic carbocycles. The summed E-state index contributed by atoms with van der Waals surface area (Å²) >= 11 is 0. The summed E-state index contributed by atoms with van der Waals surface area (Å²) in [6, 6.07) is 6.38. The average Bonchev–Trinajstić information content (AvgIpc) is 2.69. The molecule has 0 spiro atoms. The Morgan fingerprint density at radius 3 is 2.59 bits per heavy atom. The predicted molar refractivity (Wildman–Crippen MR) is 62.0 cm³/mol. The van der Waals surface area contributed by atoms with Crippen LogP contribution in [0.25, 0.3) is 0 Å². The monoisotopic (exact) mass is 229 g/mol. The normalized spacial score (nSPS) is 35.5. The fourth-order valence-corrected chi connectivity index (χ4v) is 3.07. The minimum absolute atomic E-state index is 0.413. The number of piperidine rings is 1. The van der Waals surface area contributed by atoms with Crippen molar-refractivity contribution >= 4 is 0 Å². The second-order valence-electron chi connectivity index (χ2n) is 5.12. The molecule has 17 heavy (non-hydrogen) atoms. The van der Waals surface area contributed by atoms with Gasteiger partial charge in [0.15, 0.2) is 0 Å². The van der Waals surface area contributed by atoms with Crippen LogP contribution in [0, 0.1) is 11.3 Å². The van der Waals surface area contributed by atoms with Crippen LogP contribution in [0.3, 0.4) is 0 Å². The Morgan fingerprint density at radius 2 is 2.06 bits per heavy atom. The molecule has 0 amide bonds. The van der Waals surface area contributed by atoms with E-state index in [4.69, 9.17) is 5.26 Å². The van der Waals surface area contributed by atoms with Gasteiger partial charge >= 0.3 is 0 Å². The molecule has 2 bridgehead atoms. The summed E-state index contributed by atoms with van der Waals surface area (Å²) in [4.78, 5) is 4.24. The van der Waals surface area contributed by atoms with Crippen LogP contribution in [0.15, 0.2) is 18.3 Å². The van der Waals surface area contributed by atoms with Crippen LogP contribution < -0.4 is 5.32 Å². The number of hydrogen-bond donors (Lipinski definition) is 2. The maximum atomic E-state index is 10.7. The van der Waals surface area contributed by atoms with Gasteiger partial charge in [0.25, 0.3) is 0 Å². The summed E-state index contributed by atoms with van der Waals surface area (Å²) < 4.78 is 0. The van der Waals surface area contributed by atoms with Gasteiger partial charge in [-0.3, -0.25) is 4.98 Å². The molecule has 2 saturated heterocycles. The van der Waals surface area contributed by atoms with Gasteiger partial charge in [-0.05, 0) is 37.8 Å². The number of fused-ring (bicyclic) bond motifs is 2. The van der Waals surface area contributed by atoms with E-state index in [0.717, 1.165) is 25.7 Å². The minimum atomic E-state index is -0.814. The van der Waals surface area contributed by atoms with E-state index >= 15 is 0 Å². The zero-order valence-electron chi connectivity index (χ0n) is 9.56. The van der Waals surface area contributed by atoms with E-state index in [0.29, 0.717) is 23.3 Å². The highest BCUT2D eigenvalue weighted by Crippen LogP contribution is 2.39. The van der Waals surface area contributed by atoms with Gasteiger partial charge in [0, 0.05) is 18.3 Å². The molecule has 3 rings (SSSR count). The largest absolute Gasteiger partial charge is 0.383 e. The number of nitrogens with zero attached hydrogens (tertiary/aromatic N) is 2. The van der Waals surface area contributed by atoms with Gasteiger partial charge in [-0.1, -0.05) is 0 Å². The molecular formula is C13H15N3O. The minimum Gasteiger partial charge on any atom is -0.383 e. The van der Waals surface area contributed by atoms with Crippen molar-refractivity contribution in [2.24, 2.45) is 0 Å². The van der Waals surface area contributed by atoms with Crippen molar-refractivity contribution in [2.75, 3.05) is 0 Å². The van der Waals surface area contributed by atoms with Crippen molar-refractivity contribution in [1.29, 1.82) is 5.26 Å². The Bertz CT molecular complexity index is 451. The van der Waals surface area contributed by atoms with E-state index in [2.05, 4.69) is 10.3 Å². The van der Waals surface area contributed by atoms with Gasteiger partial charge in [0.2, 0.25) is 0 Å². The highest BCUT2D eigenvalue weighted by atomic mass is 16.3. The van der Waals surface area contributed by atoms with Crippen LogP contribution in [0.5, 0.6) is 0 Å². The van der Waals surface area contributed by atoms with E-state index in [9.17, 15) is 5.11 Å². The average molecular weight is 229 g/mol. The van der Waals surface area contributed by atoms with Crippen molar-refractivity contribution in [3.8, 4) is 6.07 Å². The molecule has 2 fully saturated rings. The Hall–Kier alpha value is -1.44. The van der Waals surface area contributed by atoms with Crippen LogP contribution in [0.4, 0.5) is 0 Å². The predicted octanol–water partition coefficient (Wildman–Crippen LogP) is 1.06. The Balaban J connectivity index is 1.89. The fraction of sp³-hybridized carbons (Fsp3) is 0.538. The van der Waals surface area contributed by atoms with Gasteiger partial charge in [0.05, 0.1) is 11.3 Å². The van der Waals surface area contributed by atoms with Crippen LogP contribution in [0.2, 0.25) is 0 Å². The van der Waals surface area contributed by atoms with Crippen molar-refractivity contribution in [1.82, 2.24) is 10.3 Å². The molecule has 2 N–H and O–H groups in total. The lowest BCUT2D eigenvalue weighted by molar-refractivity contribution is -0.0152. The first-order valence-corrected chi connectivity index (χ1v) is 6.05. The second kappa shape index (κ2) is 3.80. The Morgan fingerprint density at radius 1 is 1.35 bits per heavy atom. The van der Waals surface area contributed by atoms with Crippen LogP contribution >= 0.6 is 0 Å². The summed E-state index contributed by atoms with van der Waals surface area (Å²) in [5.41, 5.74) is 0.426. The van der Waals surface area contributed by atoms with Crippen LogP contribution in [-0.2, 0) is 5.60 Å². The molecule has 1 aromatic heterocycles. The molecule has 88 valence electrons. The molecule has 0 aliphatic carbocycles. The number of aliphatic hydroxyl groups is 1. The third kappa shape index (κ3) is 1.82. The topological polar surface area (TPSA) is 68.9 Å². The third-order valence-electron chi connectivity index (χ3n) is 3.87. The molecule has 2 unspecified atom stereocenters. The smallest absolute Gasteiger partial charge is 0.109 e. The summed E-state index contributed by atoms with van der Waals surface area (Å²) in [5.74, 6) is 0. The van der Waals surface area contributed by atoms with Crippen LogP contribution in [-0.4, -0.2) is 22.2 Å². The molecule has 2 aliphatic rings. The number of aromatic nitrogens is 1. The third-order valence-corrected chi connectivity index (χ3v) is 3.87. The van der Waals surface area contributed by atoms with E-state index in [1.807, 2.05) is 6.07 Å². The zero-order chi connectivity index (χ0) is 11.9. The number of nitriles is 1. The summed E-state index contributed by atoms with van der Waals surface area (Å²) in [7, 11) is 0. The maximum absolute atomic E-state index is 10.7. The second-order valence-corrected chi connectivity index (χ2v) is 5.12. The van der Waals surface area contributed by atoms with Gasteiger partial charge in [-0.2, -0.15) is 5.26 Å². The first-order chi connectivity index (χ1) is 8.19. The van der Waals surface area contributed by atoms with E-state index in [1.54, 1.807) is 12.1 Å². The molecule has 0 radical (unpaired) electrons. The quantitative estimate of drug-likeness (QED) is 0.755. The molecule has 1 aromatic rings. The van der Waals surface area contributed by atoms with E-state index in [1.165, 1.54) is 6.20 Å². The molecule has 3 heterocycles. The number of rotatable bonds is 1. The van der Waals surface area contributed by atoms with Crippen molar-refractivity contribution < 1.29 is 5.11 Å². The molecule has 4 heteroatoms. The fourth-order valence-electron chi connectivity index (χ4n) is 3.07. The number of pyridine rings is 1. The summed E-state index contributed by atoms with van der Waals surface area (Å²) in [5, 5.41) is 22.9. The lowest BCUT2D eigenvalue weighted by Crippen LogP contribution is -2.47. The van der Waals surface area contributed by atoms with E-state index in [-0.39, 0.29) is 0 Å². The molecular weight excluding hydrogens is 214 g/mol. The lowest BCUT2D eigenvalue weighted by Gasteiger charge is -2.36. The van der Waals surface area contributed by atoms with E-state index < -0.39 is 5.60 Å². The first kappa shape index (κ1) is 10.7. The molecule has 4 nitrogen and oxygen atoms in total. The number of hydrogen-bond acceptors (Lipinski definition) is 4. The highest BCUT2D eigenvalue weighted by molar-refractivity contribution is 5.28. The summed E-state index contributed by atoms with van der Waals surface area (Å²) in [6.07, 6.45) is 5.27. The molecule has 2 atom stereocenters. The van der Waals surface area contributed by atoms with Crippen molar-refractivity contribution in [2.45, 2.75) is 43.4 Å².